The molecule has 2 aliphatic rings. The van der Waals surface area contributed by atoms with Crippen molar-refractivity contribution in [1.29, 1.82) is 0 Å². The second-order valence-corrected chi connectivity index (χ2v) is 6.25. The molecule has 94 valence electrons. The third-order valence-electron chi connectivity index (χ3n) is 3.61. The molecule has 3 rings (SSSR count). The Morgan fingerprint density at radius 2 is 2.35 bits per heavy atom. The molecule has 17 heavy (non-hydrogen) atoms. The van der Waals surface area contributed by atoms with Gasteiger partial charge in [-0.1, -0.05) is 0 Å². The molecule has 0 aromatic carbocycles. The molecule has 1 N–H and O–H groups in total. The zero-order chi connectivity index (χ0) is 11.7. The van der Waals surface area contributed by atoms with Gasteiger partial charge in [-0.2, -0.15) is 16.9 Å². The molecule has 2 aliphatic heterocycles. The molecule has 4 nitrogen and oxygen atoms in total. The van der Waals surface area contributed by atoms with Crippen LogP contribution in [0.3, 0.4) is 0 Å². The van der Waals surface area contributed by atoms with Crippen molar-refractivity contribution in [2.45, 2.75) is 44.8 Å². The van der Waals surface area contributed by atoms with Crippen LogP contribution in [0.4, 0.5) is 0 Å². The van der Waals surface area contributed by atoms with Crippen LogP contribution < -0.4 is 0 Å². The van der Waals surface area contributed by atoms with E-state index < -0.39 is 0 Å². The SMILES string of the molecule is OC1CCn2nc(CC3CCCSC3)nc2C1. The van der Waals surface area contributed by atoms with Crippen LogP contribution in [0.1, 0.15) is 30.9 Å². The van der Waals surface area contributed by atoms with Gasteiger partial charge >= 0.3 is 0 Å². The van der Waals surface area contributed by atoms with Crippen molar-refractivity contribution >= 4 is 11.8 Å². The average molecular weight is 253 g/mol. The van der Waals surface area contributed by atoms with E-state index in [1.807, 2.05) is 4.68 Å². The Morgan fingerprint density at radius 3 is 3.18 bits per heavy atom. The summed E-state index contributed by atoms with van der Waals surface area (Å²) in [6.45, 7) is 0.822. The van der Waals surface area contributed by atoms with Crippen LogP contribution in [-0.4, -0.2) is 37.5 Å². The molecule has 0 saturated carbocycles. The number of hydrogen-bond acceptors (Lipinski definition) is 4. The molecule has 1 aromatic rings. The minimum atomic E-state index is -0.218. The van der Waals surface area contributed by atoms with Gasteiger partial charge in [0.2, 0.25) is 0 Å². The number of rotatable bonds is 2. The lowest BCUT2D eigenvalue weighted by molar-refractivity contribution is 0.138. The molecule has 2 atom stereocenters. The van der Waals surface area contributed by atoms with E-state index in [-0.39, 0.29) is 6.10 Å². The molecule has 2 unspecified atom stereocenters. The largest absolute Gasteiger partial charge is 0.393 e. The maximum atomic E-state index is 9.60. The van der Waals surface area contributed by atoms with Crippen LogP contribution in [0, 0.1) is 5.92 Å². The first-order valence-corrected chi connectivity index (χ1v) is 7.65. The Hall–Kier alpha value is -0.550. The summed E-state index contributed by atoms with van der Waals surface area (Å²) in [6, 6.07) is 0. The first kappa shape index (κ1) is 11.5. The number of aromatic nitrogens is 3. The zero-order valence-corrected chi connectivity index (χ0v) is 10.8. The lowest BCUT2D eigenvalue weighted by atomic mass is 10.0. The first-order chi connectivity index (χ1) is 8.31. The van der Waals surface area contributed by atoms with Crippen molar-refractivity contribution in [3.8, 4) is 0 Å². The van der Waals surface area contributed by atoms with E-state index >= 15 is 0 Å². The predicted octanol–water partition coefficient (Wildman–Crippen LogP) is 1.27. The molecule has 1 aromatic heterocycles. The van der Waals surface area contributed by atoms with Crippen molar-refractivity contribution in [2.24, 2.45) is 5.92 Å². The predicted molar refractivity (Wildman–Crippen MR) is 68.1 cm³/mol. The number of aryl methyl sites for hydroxylation is 1. The summed E-state index contributed by atoms with van der Waals surface area (Å²) in [5, 5.41) is 14.2. The fourth-order valence-corrected chi connectivity index (χ4v) is 3.81. The Kier molecular flexibility index (Phi) is 3.38. The quantitative estimate of drug-likeness (QED) is 0.862. The number of aliphatic hydroxyl groups excluding tert-OH is 1. The maximum Gasteiger partial charge on any atom is 0.151 e. The number of fused-ring (bicyclic) bond motifs is 1. The molecule has 1 saturated heterocycles. The maximum absolute atomic E-state index is 9.60. The van der Waals surface area contributed by atoms with Gasteiger partial charge in [-0.3, -0.25) is 0 Å². The monoisotopic (exact) mass is 253 g/mol. The van der Waals surface area contributed by atoms with Gasteiger partial charge in [0.1, 0.15) is 5.82 Å². The van der Waals surface area contributed by atoms with Crippen molar-refractivity contribution in [3.05, 3.63) is 11.6 Å². The lowest BCUT2D eigenvalue weighted by Gasteiger charge is -2.19. The fourth-order valence-electron chi connectivity index (χ4n) is 2.65. The standard InChI is InChI=1S/C12H19N3OS/c16-10-3-4-15-12(7-10)13-11(14-15)6-9-2-1-5-17-8-9/h9-10,16H,1-8H2. The van der Waals surface area contributed by atoms with Crippen molar-refractivity contribution in [2.75, 3.05) is 11.5 Å². The zero-order valence-electron chi connectivity index (χ0n) is 10.0. The highest BCUT2D eigenvalue weighted by Crippen LogP contribution is 2.25. The Bertz CT molecular complexity index is 387. The highest BCUT2D eigenvalue weighted by Gasteiger charge is 2.22. The smallest absolute Gasteiger partial charge is 0.151 e. The van der Waals surface area contributed by atoms with Crippen LogP contribution in [0.5, 0.6) is 0 Å². The number of aliphatic hydroxyl groups is 1. The molecule has 0 radical (unpaired) electrons. The molecular weight excluding hydrogens is 234 g/mol. The van der Waals surface area contributed by atoms with Gasteiger partial charge in [-0.15, -0.1) is 0 Å². The molecular formula is C12H19N3OS. The van der Waals surface area contributed by atoms with E-state index in [4.69, 9.17) is 0 Å². The summed E-state index contributed by atoms with van der Waals surface area (Å²) < 4.78 is 1.98. The Morgan fingerprint density at radius 1 is 1.41 bits per heavy atom. The average Bonchev–Trinajstić information content (AvgIpc) is 2.71. The van der Waals surface area contributed by atoms with Crippen LogP contribution in [0.2, 0.25) is 0 Å². The third kappa shape index (κ3) is 2.65. The van der Waals surface area contributed by atoms with Gasteiger partial charge in [0, 0.05) is 19.4 Å². The normalized spacial score (nSPS) is 29.0. The number of hydrogen-bond donors (Lipinski definition) is 1. The summed E-state index contributed by atoms with van der Waals surface area (Å²) in [7, 11) is 0. The Balaban J connectivity index is 1.67. The molecule has 5 heteroatoms. The van der Waals surface area contributed by atoms with Gasteiger partial charge in [0.15, 0.2) is 5.82 Å². The molecule has 0 aliphatic carbocycles. The summed E-state index contributed by atoms with van der Waals surface area (Å²) in [5.74, 6) is 5.29. The molecule has 3 heterocycles. The van der Waals surface area contributed by atoms with E-state index in [1.165, 1.54) is 24.3 Å². The molecule has 0 amide bonds. The number of thioether (sulfide) groups is 1. The molecule has 0 bridgehead atoms. The second kappa shape index (κ2) is 4.98. The fraction of sp³-hybridized carbons (Fsp3) is 0.833. The van der Waals surface area contributed by atoms with E-state index in [1.54, 1.807) is 0 Å². The van der Waals surface area contributed by atoms with Gasteiger partial charge < -0.3 is 5.11 Å². The van der Waals surface area contributed by atoms with E-state index in [0.717, 1.165) is 37.0 Å². The molecule has 0 spiro atoms. The van der Waals surface area contributed by atoms with Gasteiger partial charge in [0.25, 0.3) is 0 Å². The summed E-state index contributed by atoms with van der Waals surface area (Å²) in [4.78, 5) is 4.58. The highest BCUT2D eigenvalue weighted by molar-refractivity contribution is 7.99. The molecule has 1 fully saturated rings. The van der Waals surface area contributed by atoms with Crippen LogP contribution in [-0.2, 0) is 19.4 Å². The van der Waals surface area contributed by atoms with Gasteiger partial charge in [-0.05, 0) is 36.7 Å². The van der Waals surface area contributed by atoms with Crippen molar-refractivity contribution < 1.29 is 5.11 Å². The van der Waals surface area contributed by atoms with E-state index in [0.29, 0.717) is 6.42 Å². The highest BCUT2D eigenvalue weighted by atomic mass is 32.2. The van der Waals surface area contributed by atoms with E-state index in [9.17, 15) is 5.11 Å². The third-order valence-corrected chi connectivity index (χ3v) is 4.89. The topological polar surface area (TPSA) is 50.9 Å². The Labute approximate surface area is 106 Å². The van der Waals surface area contributed by atoms with E-state index in [2.05, 4.69) is 21.8 Å². The second-order valence-electron chi connectivity index (χ2n) is 5.10. The minimum Gasteiger partial charge on any atom is -0.393 e. The summed E-state index contributed by atoms with van der Waals surface area (Å²) in [5.41, 5.74) is 0. The lowest BCUT2D eigenvalue weighted by Crippen LogP contribution is -2.23. The summed E-state index contributed by atoms with van der Waals surface area (Å²) >= 11 is 2.06. The first-order valence-electron chi connectivity index (χ1n) is 6.49. The van der Waals surface area contributed by atoms with Crippen molar-refractivity contribution in [1.82, 2.24) is 14.8 Å². The summed E-state index contributed by atoms with van der Waals surface area (Å²) in [6.07, 6.45) is 4.94. The van der Waals surface area contributed by atoms with Crippen LogP contribution in [0.25, 0.3) is 0 Å². The number of nitrogens with zero attached hydrogens (tertiary/aromatic N) is 3. The van der Waals surface area contributed by atoms with Gasteiger partial charge in [-0.25, -0.2) is 9.67 Å². The van der Waals surface area contributed by atoms with Crippen molar-refractivity contribution in [3.63, 3.8) is 0 Å². The van der Waals surface area contributed by atoms with Gasteiger partial charge in [0.05, 0.1) is 6.10 Å². The van der Waals surface area contributed by atoms with Crippen LogP contribution in [0.15, 0.2) is 0 Å². The minimum absolute atomic E-state index is 0.218. The van der Waals surface area contributed by atoms with Crippen LogP contribution >= 0.6 is 11.8 Å².